The fraction of sp³-hybridized carbons (Fsp3) is 0.444. The van der Waals surface area contributed by atoms with Gasteiger partial charge in [0.15, 0.2) is 10.9 Å². The molecule has 0 aliphatic heterocycles. The fourth-order valence-corrected chi connectivity index (χ4v) is 1.89. The van der Waals surface area contributed by atoms with E-state index in [1.807, 2.05) is 0 Å². The standard InChI is InChI=1S/C9H14N4S2/c1-9(2,3)15-7-5-11-4-6(12-7)13-8(10)14/h4-5H,1-3H3,(H3,10,12,13,14). The summed E-state index contributed by atoms with van der Waals surface area (Å²) in [6.07, 6.45) is 3.31. The second kappa shape index (κ2) is 4.76. The van der Waals surface area contributed by atoms with Crippen LogP contribution in [0, 0.1) is 0 Å². The Labute approximate surface area is 99.1 Å². The van der Waals surface area contributed by atoms with Crippen molar-refractivity contribution in [2.75, 3.05) is 5.32 Å². The van der Waals surface area contributed by atoms with Gasteiger partial charge in [-0.3, -0.25) is 4.98 Å². The third-order valence-corrected chi connectivity index (χ3v) is 2.39. The van der Waals surface area contributed by atoms with Crippen LogP contribution in [-0.2, 0) is 0 Å². The Morgan fingerprint density at radius 1 is 1.47 bits per heavy atom. The van der Waals surface area contributed by atoms with Gasteiger partial charge in [-0.05, 0) is 12.2 Å². The lowest BCUT2D eigenvalue weighted by atomic mass is 10.3. The topological polar surface area (TPSA) is 63.8 Å². The Bertz CT molecular complexity index is 359. The van der Waals surface area contributed by atoms with E-state index in [9.17, 15) is 0 Å². The number of thioether (sulfide) groups is 1. The number of hydrogen-bond acceptors (Lipinski definition) is 4. The molecular formula is C9H14N4S2. The first-order valence-electron chi connectivity index (χ1n) is 4.44. The number of hydrogen-bond donors (Lipinski definition) is 2. The van der Waals surface area contributed by atoms with E-state index in [2.05, 4.69) is 36.1 Å². The molecule has 0 atom stereocenters. The molecule has 4 nitrogen and oxygen atoms in total. The monoisotopic (exact) mass is 242 g/mol. The maximum Gasteiger partial charge on any atom is 0.169 e. The maximum atomic E-state index is 5.35. The Hall–Kier alpha value is -0.880. The zero-order valence-electron chi connectivity index (χ0n) is 8.94. The summed E-state index contributed by atoms with van der Waals surface area (Å²) in [5, 5.41) is 3.80. The lowest BCUT2D eigenvalue weighted by molar-refractivity contribution is 0.798. The van der Waals surface area contributed by atoms with Crippen LogP contribution in [0.1, 0.15) is 20.8 Å². The van der Waals surface area contributed by atoms with Gasteiger partial charge in [-0.2, -0.15) is 0 Å². The van der Waals surface area contributed by atoms with Gasteiger partial charge in [0.2, 0.25) is 0 Å². The smallest absolute Gasteiger partial charge is 0.169 e. The van der Waals surface area contributed by atoms with Crippen LogP contribution in [0.3, 0.4) is 0 Å². The van der Waals surface area contributed by atoms with Gasteiger partial charge in [-0.1, -0.05) is 32.5 Å². The number of thiocarbonyl (C=S) groups is 1. The molecule has 0 spiro atoms. The van der Waals surface area contributed by atoms with Crippen LogP contribution in [0.25, 0.3) is 0 Å². The van der Waals surface area contributed by atoms with Gasteiger partial charge >= 0.3 is 0 Å². The van der Waals surface area contributed by atoms with E-state index in [0.29, 0.717) is 5.82 Å². The summed E-state index contributed by atoms with van der Waals surface area (Å²) in [6.45, 7) is 6.35. The van der Waals surface area contributed by atoms with Gasteiger partial charge in [-0.25, -0.2) is 4.98 Å². The van der Waals surface area contributed by atoms with E-state index in [1.54, 1.807) is 24.2 Å². The van der Waals surface area contributed by atoms with Crippen LogP contribution in [0.5, 0.6) is 0 Å². The highest BCUT2D eigenvalue weighted by Gasteiger charge is 2.13. The number of nitrogens with one attached hydrogen (secondary N) is 1. The summed E-state index contributed by atoms with van der Waals surface area (Å²) in [5.41, 5.74) is 5.35. The predicted molar refractivity (Wildman–Crippen MR) is 68.1 cm³/mol. The minimum absolute atomic E-state index is 0.108. The molecule has 0 amide bonds. The summed E-state index contributed by atoms with van der Waals surface area (Å²) in [5.74, 6) is 0.580. The molecule has 0 fully saturated rings. The molecule has 1 heterocycles. The minimum Gasteiger partial charge on any atom is -0.376 e. The van der Waals surface area contributed by atoms with Crippen LogP contribution in [0.2, 0.25) is 0 Å². The molecule has 1 aromatic heterocycles. The molecule has 0 bridgehead atoms. The lowest BCUT2D eigenvalue weighted by Crippen LogP contribution is -2.20. The van der Waals surface area contributed by atoms with Gasteiger partial charge in [0.1, 0.15) is 5.03 Å². The Balaban J connectivity index is 2.79. The van der Waals surface area contributed by atoms with Crippen molar-refractivity contribution in [1.29, 1.82) is 0 Å². The molecule has 82 valence electrons. The van der Waals surface area contributed by atoms with Crippen LogP contribution in [-0.4, -0.2) is 19.8 Å². The maximum absolute atomic E-state index is 5.35. The second-order valence-electron chi connectivity index (χ2n) is 3.95. The van der Waals surface area contributed by atoms with Crippen LogP contribution >= 0.6 is 24.0 Å². The Kier molecular flexibility index (Phi) is 3.87. The second-order valence-corrected chi connectivity index (χ2v) is 6.23. The first-order valence-corrected chi connectivity index (χ1v) is 5.67. The Morgan fingerprint density at radius 3 is 2.67 bits per heavy atom. The quantitative estimate of drug-likeness (QED) is 0.611. The molecule has 0 aliphatic carbocycles. The molecule has 3 N–H and O–H groups in total. The molecule has 0 radical (unpaired) electrons. The van der Waals surface area contributed by atoms with Crippen molar-refractivity contribution in [1.82, 2.24) is 9.97 Å². The summed E-state index contributed by atoms with van der Waals surface area (Å²) in [7, 11) is 0. The molecule has 0 aliphatic rings. The van der Waals surface area contributed by atoms with Crippen LogP contribution < -0.4 is 11.1 Å². The van der Waals surface area contributed by atoms with Gasteiger partial charge < -0.3 is 11.1 Å². The number of nitrogens with two attached hydrogens (primary N) is 1. The van der Waals surface area contributed by atoms with E-state index in [-0.39, 0.29) is 9.86 Å². The zero-order chi connectivity index (χ0) is 11.5. The van der Waals surface area contributed by atoms with Crippen molar-refractivity contribution in [2.24, 2.45) is 5.73 Å². The van der Waals surface area contributed by atoms with Gasteiger partial charge in [-0.15, -0.1) is 0 Å². The van der Waals surface area contributed by atoms with Gasteiger partial charge in [0.05, 0.1) is 12.4 Å². The SMILES string of the molecule is CC(C)(C)Sc1cncc(NC(N)=S)n1. The highest BCUT2D eigenvalue weighted by Crippen LogP contribution is 2.30. The van der Waals surface area contributed by atoms with Crippen molar-refractivity contribution in [2.45, 2.75) is 30.5 Å². The van der Waals surface area contributed by atoms with E-state index in [0.717, 1.165) is 5.03 Å². The first-order chi connectivity index (χ1) is 6.87. The van der Waals surface area contributed by atoms with Crippen molar-refractivity contribution in [3.8, 4) is 0 Å². The average molecular weight is 242 g/mol. The molecular weight excluding hydrogens is 228 g/mol. The predicted octanol–water partition coefficient (Wildman–Crippen LogP) is 2.02. The normalized spacial score (nSPS) is 11.1. The highest BCUT2D eigenvalue weighted by molar-refractivity contribution is 8.00. The largest absolute Gasteiger partial charge is 0.376 e. The number of aromatic nitrogens is 2. The molecule has 0 unspecified atom stereocenters. The van der Waals surface area contributed by atoms with Crippen molar-refractivity contribution in [3.05, 3.63) is 12.4 Å². The molecule has 1 aromatic rings. The molecule has 15 heavy (non-hydrogen) atoms. The molecule has 0 aromatic carbocycles. The highest BCUT2D eigenvalue weighted by atomic mass is 32.2. The molecule has 6 heteroatoms. The number of rotatable bonds is 2. The average Bonchev–Trinajstić information content (AvgIpc) is 1.99. The summed E-state index contributed by atoms with van der Waals surface area (Å²) >= 11 is 6.37. The van der Waals surface area contributed by atoms with Crippen molar-refractivity contribution >= 4 is 34.9 Å². The Morgan fingerprint density at radius 2 is 2.13 bits per heavy atom. The van der Waals surface area contributed by atoms with E-state index >= 15 is 0 Å². The fourth-order valence-electron chi connectivity index (χ4n) is 0.897. The third kappa shape index (κ3) is 4.94. The molecule has 0 saturated carbocycles. The lowest BCUT2D eigenvalue weighted by Gasteiger charge is -2.16. The number of nitrogens with zero attached hydrogens (tertiary/aromatic N) is 2. The minimum atomic E-state index is 0.108. The van der Waals surface area contributed by atoms with Gasteiger partial charge in [0.25, 0.3) is 0 Å². The van der Waals surface area contributed by atoms with E-state index in [1.165, 1.54) is 0 Å². The summed E-state index contributed by atoms with van der Waals surface area (Å²) in [6, 6.07) is 0. The number of anilines is 1. The summed E-state index contributed by atoms with van der Waals surface area (Å²) < 4.78 is 0.108. The third-order valence-electron chi connectivity index (χ3n) is 1.27. The van der Waals surface area contributed by atoms with Crippen LogP contribution in [0.4, 0.5) is 5.82 Å². The van der Waals surface area contributed by atoms with Crippen LogP contribution in [0.15, 0.2) is 17.4 Å². The van der Waals surface area contributed by atoms with E-state index in [4.69, 9.17) is 18.0 Å². The molecule has 0 saturated heterocycles. The van der Waals surface area contributed by atoms with Crippen molar-refractivity contribution < 1.29 is 0 Å². The van der Waals surface area contributed by atoms with Gasteiger partial charge in [0, 0.05) is 4.75 Å². The zero-order valence-corrected chi connectivity index (χ0v) is 10.6. The summed E-state index contributed by atoms with van der Waals surface area (Å²) in [4.78, 5) is 8.38. The molecule has 1 rings (SSSR count). The first kappa shape index (κ1) is 12.2. The van der Waals surface area contributed by atoms with Crippen molar-refractivity contribution in [3.63, 3.8) is 0 Å². The van der Waals surface area contributed by atoms with E-state index < -0.39 is 0 Å².